The number of nitrogens with zero attached hydrogens (tertiary/aromatic N) is 4. The molecule has 4 rings (SSSR count). The first kappa shape index (κ1) is 16.8. The van der Waals surface area contributed by atoms with Crippen molar-refractivity contribution in [3.63, 3.8) is 0 Å². The number of hydrogen-bond acceptors (Lipinski definition) is 5. The fourth-order valence-corrected chi connectivity index (χ4v) is 3.67. The van der Waals surface area contributed by atoms with Gasteiger partial charge in [0.15, 0.2) is 0 Å². The van der Waals surface area contributed by atoms with E-state index in [2.05, 4.69) is 15.5 Å². The van der Waals surface area contributed by atoms with E-state index in [9.17, 15) is 14.7 Å². The monoisotopic (exact) mass is 430 g/mol. The van der Waals surface area contributed by atoms with Crippen LogP contribution >= 0.6 is 11.6 Å². The molecule has 2 aromatic heterocycles. The fraction of sp³-hybridized carbons (Fsp3) is 0.333. The van der Waals surface area contributed by atoms with Crippen molar-refractivity contribution in [2.45, 2.75) is 37.8 Å². The summed E-state index contributed by atoms with van der Waals surface area (Å²) in [4.78, 5) is 26.3. The molecule has 3 aromatic rings. The predicted octanol–water partition coefficient (Wildman–Crippen LogP) is 2.32. The smallest absolute Gasteiger partial charge is 0.284 e. The molecule has 9 heteroatoms. The van der Waals surface area contributed by atoms with Gasteiger partial charge < -0.3 is 10.4 Å². The van der Waals surface area contributed by atoms with Crippen LogP contribution in [0, 0.1) is 0 Å². The Bertz CT molecular complexity index is 1220. The molecule has 0 aliphatic heterocycles. The van der Waals surface area contributed by atoms with Crippen LogP contribution in [-0.4, -0.2) is 42.7 Å². The lowest BCUT2D eigenvalue weighted by atomic mass is 9.92. The Morgan fingerprint density at radius 3 is 2.77 bits per heavy atom. The molecule has 0 saturated heterocycles. The van der Waals surface area contributed by atoms with Gasteiger partial charge in [-0.15, -0.1) is 0 Å². The molecule has 30 heavy (non-hydrogen) atoms. The number of carbonyl (C=O) groups is 1. The van der Waals surface area contributed by atoms with Gasteiger partial charge in [-0.2, -0.15) is 14.9 Å². The largest absolute Gasteiger partial charge is 0.391 e. The molecular weight excluding hydrogens is 406 g/mol. The molecule has 0 unspecified atom stereocenters. The molecule has 0 radical (unpaired) electrons. The van der Waals surface area contributed by atoms with Crippen LogP contribution in [-0.2, 0) is 6.98 Å². The first-order chi connectivity index (χ1) is 15.6. The second-order valence-electron chi connectivity index (χ2n) is 7.24. The standard InChI is InChI=1S/C21H22ClN5O3/c1-26-12-15(11-23-26)27-21(30)16(20(29)24-17-4-2-3-5-19(17)28)10-18(25-27)13-6-8-14(22)9-7-13/h6-12,17,19,28H,2-5H2,1H3,(H,24,29)/t17-,19-/m1/s1/i1D3. The summed E-state index contributed by atoms with van der Waals surface area (Å²) in [6, 6.07) is 7.61. The third kappa shape index (κ3) is 4.15. The highest BCUT2D eigenvalue weighted by Gasteiger charge is 2.27. The number of aliphatic hydroxyl groups is 1. The number of carbonyl (C=O) groups excluding carboxylic acids is 1. The van der Waals surface area contributed by atoms with Crippen molar-refractivity contribution in [2.24, 2.45) is 6.98 Å². The normalized spacial score (nSPS) is 20.8. The average molecular weight is 431 g/mol. The van der Waals surface area contributed by atoms with Crippen molar-refractivity contribution >= 4 is 17.5 Å². The van der Waals surface area contributed by atoms with E-state index < -0.39 is 30.6 Å². The highest BCUT2D eigenvalue weighted by molar-refractivity contribution is 6.30. The van der Waals surface area contributed by atoms with Crippen LogP contribution in [0.5, 0.6) is 0 Å². The summed E-state index contributed by atoms with van der Waals surface area (Å²) in [5.74, 6) is -0.638. The quantitative estimate of drug-likeness (QED) is 0.661. The van der Waals surface area contributed by atoms with Crippen LogP contribution in [0.1, 0.15) is 40.2 Å². The van der Waals surface area contributed by atoms with Gasteiger partial charge in [-0.3, -0.25) is 14.3 Å². The van der Waals surface area contributed by atoms with E-state index in [1.54, 1.807) is 24.3 Å². The van der Waals surface area contributed by atoms with Gasteiger partial charge in [-0.05, 0) is 31.0 Å². The Balaban J connectivity index is 1.79. The molecule has 1 saturated carbocycles. The van der Waals surface area contributed by atoms with Crippen LogP contribution in [0.25, 0.3) is 16.9 Å². The molecule has 8 nitrogen and oxygen atoms in total. The van der Waals surface area contributed by atoms with Crippen LogP contribution in [0.15, 0.2) is 47.5 Å². The zero-order valence-electron chi connectivity index (χ0n) is 19.0. The SMILES string of the molecule is [2H]C([2H])([2H])n1cc(-n2nc(-c3ccc(Cl)cc3)cc(C(=O)N[C@@H]3CCCC[C@H]3O)c2=O)cn1. The van der Waals surface area contributed by atoms with Gasteiger partial charge in [-0.25, -0.2) is 0 Å². The van der Waals surface area contributed by atoms with Gasteiger partial charge >= 0.3 is 0 Å². The summed E-state index contributed by atoms with van der Waals surface area (Å²) in [6.07, 6.45) is 4.62. The third-order valence-electron chi connectivity index (χ3n) is 5.16. The Morgan fingerprint density at radius 2 is 2.07 bits per heavy atom. The van der Waals surface area contributed by atoms with Gasteiger partial charge in [-0.1, -0.05) is 36.6 Å². The van der Waals surface area contributed by atoms with Crippen LogP contribution < -0.4 is 10.9 Å². The van der Waals surface area contributed by atoms with E-state index in [-0.39, 0.29) is 11.3 Å². The van der Waals surface area contributed by atoms with Gasteiger partial charge in [0.25, 0.3) is 11.5 Å². The minimum absolute atomic E-state index is 0.0960. The predicted molar refractivity (Wildman–Crippen MR) is 113 cm³/mol. The van der Waals surface area contributed by atoms with E-state index in [1.165, 1.54) is 18.5 Å². The lowest BCUT2D eigenvalue weighted by Crippen LogP contribution is -2.46. The van der Waals surface area contributed by atoms with Crippen molar-refractivity contribution in [2.75, 3.05) is 0 Å². The van der Waals surface area contributed by atoms with Gasteiger partial charge in [0.05, 0.1) is 30.2 Å². The number of aliphatic hydroxyl groups excluding tert-OH is 1. The number of rotatable bonds is 4. The highest BCUT2D eigenvalue weighted by Crippen LogP contribution is 2.21. The van der Waals surface area contributed by atoms with Gasteiger partial charge in [0.2, 0.25) is 0 Å². The first-order valence-electron chi connectivity index (χ1n) is 11.1. The molecule has 0 spiro atoms. The highest BCUT2D eigenvalue weighted by atomic mass is 35.5. The minimum atomic E-state index is -2.53. The minimum Gasteiger partial charge on any atom is -0.391 e. The summed E-state index contributed by atoms with van der Waals surface area (Å²) in [6.45, 7) is -2.53. The maximum atomic E-state index is 13.2. The molecule has 1 aliphatic carbocycles. The molecule has 1 amide bonds. The molecule has 0 bridgehead atoms. The van der Waals surface area contributed by atoms with Crippen molar-refractivity contribution in [1.82, 2.24) is 24.9 Å². The molecule has 2 N–H and O–H groups in total. The number of nitrogens with one attached hydrogen (secondary N) is 1. The van der Waals surface area contributed by atoms with E-state index in [1.807, 2.05) is 0 Å². The van der Waals surface area contributed by atoms with Crippen molar-refractivity contribution in [3.05, 3.63) is 63.7 Å². The van der Waals surface area contributed by atoms with Crippen LogP contribution in [0.3, 0.4) is 0 Å². The molecule has 1 aromatic carbocycles. The number of amides is 1. The summed E-state index contributed by atoms with van der Waals surface area (Å²) in [5, 5.41) is 21.6. The number of benzene rings is 1. The number of halogens is 1. The zero-order chi connectivity index (χ0) is 23.8. The van der Waals surface area contributed by atoms with Gasteiger partial charge in [0, 0.05) is 21.7 Å². The topological polar surface area (TPSA) is 102 Å². The van der Waals surface area contributed by atoms with Crippen molar-refractivity contribution in [1.29, 1.82) is 0 Å². The van der Waals surface area contributed by atoms with E-state index in [0.717, 1.165) is 22.2 Å². The molecule has 1 fully saturated rings. The molecule has 1 aliphatic rings. The molecular formula is C21H22ClN5O3. The van der Waals surface area contributed by atoms with E-state index in [4.69, 9.17) is 15.7 Å². The van der Waals surface area contributed by atoms with Gasteiger partial charge in [0.1, 0.15) is 11.3 Å². The maximum absolute atomic E-state index is 13.2. The number of hydrogen-bond donors (Lipinski definition) is 2. The second-order valence-corrected chi connectivity index (χ2v) is 7.68. The Morgan fingerprint density at radius 1 is 1.30 bits per heavy atom. The Kier molecular flexibility index (Phi) is 4.71. The maximum Gasteiger partial charge on any atom is 0.284 e. The average Bonchev–Trinajstić information content (AvgIpc) is 3.27. The lowest BCUT2D eigenvalue weighted by Gasteiger charge is -2.28. The lowest BCUT2D eigenvalue weighted by molar-refractivity contribution is 0.0716. The molecule has 2 heterocycles. The van der Waals surface area contributed by atoms with Crippen LogP contribution in [0.2, 0.25) is 5.02 Å². The van der Waals surface area contributed by atoms with Crippen molar-refractivity contribution < 1.29 is 14.0 Å². The third-order valence-corrected chi connectivity index (χ3v) is 5.41. The Labute approximate surface area is 182 Å². The first-order valence-corrected chi connectivity index (χ1v) is 9.96. The number of aromatic nitrogens is 4. The Hall–Kier alpha value is -2.97. The zero-order valence-corrected chi connectivity index (χ0v) is 16.7. The number of aryl methyl sites for hydroxylation is 1. The fourth-order valence-electron chi connectivity index (χ4n) is 3.54. The summed E-state index contributed by atoms with van der Waals surface area (Å²) < 4.78 is 24.2. The molecule has 156 valence electrons. The van der Waals surface area contributed by atoms with Crippen LogP contribution in [0.4, 0.5) is 0 Å². The van der Waals surface area contributed by atoms with E-state index >= 15 is 0 Å². The summed E-state index contributed by atoms with van der Waals surface area (Å²) in [5.41, 5.74) is 0.0824. The summed E-state index contributed by atoms with van der Waals surface area (Å²) >= 11 is 5.97. The second kappa shape index (κ2) is 8.41. The summed E-state index contributed by atoms with van der Waals surface area (Å²) in [7, 11) is 0. The molecule has 2 atom stereocenters. The van der Waals surface area contributed by atoms with Crippen molar-refractivity contribution in [3.8, 4) is 16.9 Å². The van der Waals surface area contributed by atoms with E-state index in [0.29, 0.717) is 29.1 Å².